The predicted octanol–water partition coefficient (Wildman–Crippen LogP) is 2.78. The second-order valence-electron chi connectivity index (χ2n) is 7.27. The number of alkyl halides is 3. The first-order valence-corrected chi connectivity index (χ1v) is 9.25. The van der Waals surface area contributed by atoms with Crippen molar-refractivity contribution in [3.05, 3.63) is 49.0 Å². The zero-order chi connectivity index (χ0) is 21.6. The molecular formula is C20H20F3N4O3. The second-order valence-corrected chi connectivity index (χ2v) is 7.27. The summed E-state index contributed by atoms with van der Waals surface area (Å²) in [4.78, 5) is 4.21. The molecule has 4 atom stereocenters. The number of hydrogen-bond donors (Lipinski definition) is 3. The van der Waals surface area contributed by atoms with Crippen molar-refractivity contribution in [2.45, 2.75) is 30.8 Å². The van der Waals surface area contributed by atoms with Crippen molar-refractivity contribution in [3.63, 3.8) is 0 Å². The molecule has 10 heteroatoms. The number of nitrogens with zero attached hydrogens (tertiary/aromatic N) is 3. The normalized spacial score (nSPS) is 24.4. The zero-order valence-corrected chi connectivity index (χ0v) is 16.0. The Morgan fingerprint density at radius 3 is 2.60 bits per heavy atom. The third kappa shape index (κ3) is 3.56. The van der Waals surface area contributed by atoms with Gasteiger partial charge in [-0.25, -0.2) is 4.98 Å². The SMILES string of the molecule is [CH2][C@@H]1C[C@@H](Nc2ccnc3cc(-c4cc(C(F)(F)F)ccc4OC)nn23)[C@H](O)[C@@H]1O. The van der Waals surface area contributed by atoms with E-state index in [0.29, 0.717) is 17.9 Å². The minimum absolute atomic E-state index is 0.179. The van der Waals surface area contributed by atoms with E-state index in [0.717, 1.165) is 12.1 Å². The van der Waals surface area contributed by atoms with Crippen LogP contribution in [0.2, 0.25) is 0 Å². The zero-order valence-electron chi connectivity index (χ0n) is 16.0. The van der Waals surface area contributed by atoms with Crippen molar-refractivity contribution >= 4 is 11.5 Å². The summed E-state index contributed by atoms with van der Waals surface area (Å²) in [6.45, 7) is 3.82. The van der Waals surface area contributed by atoms with Gasteiger partial charge in [-0.05, 0) is 43.5 Å². The summed E-state index contributed by atoms with van der Waals surface area (Å²) in [5.41, 5.74) is 0.0135. The lowest BCUT2D eigenvalue weighted by Gasteiger charge is -2.19. The molecule has 3 aromatic rings. The molecule has 2 heterocycles. The maximum atomic E-state index is 13.2. The predicted molar refractivity (Wildman–Crippen MR) is 103 cm³/mol. The number of anilines is 1. The molecule has 30 heavy (non-hydrogen) atoms. The minimum Gasteiger partial charge on any atom is -0.496 e. The van der Waals surface area contributed by atoms with Gasteiger partial charge in [0.25, 0.3) is 0 Å². The first kappa shape index (κ1) is 20.4. The number of ether oxygens (including phenoxy) is 1. The van der Waals surface area contributed by atoms with E-state index in [1.54, 1.807) is 12.1 Å². The van der Waals surface area contributed by atoms with Crippen molar-refractivity contribution < 1.29 is 28.1 Å². The molecule has 1 aliphatic rings. The number of aliphatic hydroxyl groups is 2. The molecule has 3 N–H and O–H groups in total. The molecule has 159 valence electrons. The van der Waals surface area contributed by atoms with Crippen LogP contribution in [0.3, 0.4) is 0 Å². The van der Waals surface area contributed by atoms with Crippen LogP contribution in [0, 0.1) is 12.8 Å². The van der Waals surface area contributed by atoms with Gasteiger partial charge >= 0.3 is 6.18 Å². The number of fused-ring (bicyclic) bond motifs is 1. The summed E-state index contributed by atoms with van der Waals surface area (Å²) in [6, 6.07) is 5.91. The van der Waals surface area contributed by atoms with Gasteiger partial charge in [-0.1, -0.05) is 0 Å². The molecule has 7 nitrogen and oxygen atoms in total. The van der Waals surface area contributed by atoms with Crippen molar-refractivity contribution in [2.24, 2.45) is 5.92 Å². The van der Waals surface area contributed by atoms with Crippen LogP contribution < -0.4 is 10.1 Å². The van der Waals surface area contributed by atoms with Gasteiger partial charge in [-0.15, -0.1) is 0 Å². The van der Waals surface area contributed by atoms with Gasteiger partial charge < -0.3 is 20.3 Å². The van der Waals surface area contributed by atoms with E-state index in [4.69, 9.17) is 4.74 Å². The summed E-state index contributed by atoms with van der Waals surface area (Å²) in [5, 5.41) is 27.7. The highest BCUT2D eigenvalue weighted by atomic mass is 19.4. The highest BCUT2D eigenvalue weighted by Gasteiger charge is 2.39. The number of halogens is 3. The van der Waals surface area contributed by atoms with Crippen LogP contribution in [0.1, 0.15) is 12.0 Å². The monoisotopic (exact) mass is 421 g/mol. The van der Waals surface area contributed by atoms with Crippen LogP contribution >= 0.6 is 0 Å². The Bertz CT molecular complexity index is 1070. The number of aliphatic hydroxyl groups excluding tert-OH is 2. The molecule has 0 unspecified atom stereocenters. The third-order valence-electron chi connectivity index (χ3n) is 5.30. The summed E-state index contributed by atoms with van der Waals surface area (Å²) < 4.78 is 46.2. The highest BCUT2D eigenvalue weighted by molar-refractivity contribution is 5.72. The summed E-state index contributed by atoms with van der Waals surface area (Å²) in [5.74, 6) is 0.398. The number of methoxy groups -OCH3 is 1. The number of hydrogen-bond acceptors (Lipinski definition) is 6. The van der Waals surface area contributed by atoms with Crippen LogP contribution in [0.15, 0.2) is 36.5 Å². The van der Waals surface area contributed by atoms with Crippen molar-refractivity contribution in [1.82, 2.24) is 14.6 Å². The molecule has 1 aromatic carbocycles. The average Bonchev–Trinajstić information content (AvgIpc) is 3.25. The van der Waals surface area contributed by atoms with E-state index in [1.807, 2.05) is 0 Å². The molecule has 0 spiro atoms. The Morgan fingerprint density at radius 2 is 1.97 bits per heavy atom. The molecule has 1 aliphatic carbocycles. The van der Waals surface area contributed by atoms with E-state index in [2.05, 4.69) is 22.3 Å². The van der Waals surface area contributed by atoms with E-state index in [-0.39, 0.29) is 22.9 Å². The van der Waals surface area contributed by atoms with Gasteiger partial charge in [0.05, 0.1) is 30.5 Å². The fourth-order valence-corrected chi connectivity index (χ4v) is 3.68. The van der Waals surface area contributed by atoms with Crippen LogP contribution in [0.5, 0.6) is 5.75 Å². The molecule has 1 saturated carbocycles. The first-order chi connectivity index (χ1) is 14.2. The number of benzene rings is 1. The van der Waals surface area contributed by atoms with Gasteiger partial charge in [0, 0.05) is 17.8 Å². The molecule has 1 radical (unpaired) electrons. The standard InChI is InChI=1S/C20H20F3N4O3/c1-10-7-14(19(29)18(10)28)25-16-5-6-24-17-9-13(26-27(16)17)12-8-11(20(21,22)23)3-4-15(12)30-2/h3-6,8-10,14,18-19,25,28-29H,1,7H2,2H3/t10-,14-,18-,19+/m1/s1. The first-order valence-electron chi connectivity index (χ1n) is 9.25. The molecule has 4 rings (SSSR count). The Balaban J connectivity index is 1.74. The molecular weight excluding hydrogens is 401 g/mol. The summed E-state index contributed by atoms with van der Waals surface area (Å²) >= 11 is 0. The van der Waals surface area contributed by atoms with E-state index in [1.165, 1.54) is 23.9 Å². The highest BCUT2D eigenvalue weighted by Crippen LogP contribution is 2.37. The average molecular weight is 421 g/mol. The minimum atomic E-state index is -4.50. The molecule has 0 bridgehead atoms. The second kappa shape index (κ2) is 7.44. The van der Waals surface area contributed by atoms with Crippen LogP contribution in [0.25, 0.3) is 16.9 Å². The van der Waals surface area contributed by atoms with Crippen molar-refractivity contribution in [2.75, 3.05) is 12.4 Å². The fraction of sp³-hybridized carbons (Fsp3) is 0.350. The van der Waals surface area contributed by atoms with Crippen LogP contribution in [0.4, 0.5) is 19.0 Å². The maximum absolute atomic E-state index is 13.2. The largest absolute Gasteiger partial charge is 0.496 e. The Hall–Kier alpha value is -2.85. The summed E-state index contributed by atoms with van der Waals surface area (Å²) in [6.07, 6.45) is -4.49. The smallest absolute Gasteiger partial charge is 0.416 e. The molecule has 2 aromatic heterocycles. The topological polar surface area (TPSA) is 91.9 Å². The third-order valence-corrected chi connectivity index (χ3v) is 5.30. The molecule has 0 aliphatic heterocycles. The maximum Gasteiger partial charge on any atom is 0.416 e. The van der Waals surface area contributed by atoms with Gasteiger partial charge in [-0.2, -0.15) is 22.8 Å². The Labute approximate surface area is 170 Å². The quantitative estimate of drug-likeness (QED) is 0.600. The van der Waals surface area contributed by atoms with Gasteiger partial charge in [-0.3, -0.25) is 0 Å². The molecule has 0 amide bonds. The molecule has 1 fully saturated rings. The fourth-order valence-electron chi connectivity index (χ4n) is 3.68. The van der Waals surface area contributed by atoms with Gasteiger partial charge in [0.2, 0.25) is 0 Å². The van der Waals surface area contributed by atoms with Crippen LogP contribution in [-0.4, -0.2) is 50.2 Å². The van der Waals surface area contributed by atoms with Gasteiger partial charge in [0.15, 0.2) is 5.65 Å². The van der Waals surface area contributed by atoms with E-state index >= 15 is 0 Å². The lowest BCUT2D eigenvalue weighted by molar-refractivity contribution is -0.137. The lowest BCUT2D eigenvalue weighted by atomic mass is 10.1. The Kier molecular flexibility index (Phi) is 5.07. The number of aromatic nitrogens is 3. The van der Waals surface area contributed by atoms with Crippen LogP contribution in [-0.2, 0) is 6.18 Å². The number of rotatable bonds is 4. The summed E-state index contributed by atoms with van der Waals surface area (Å²) in [7, 11) is 1.37. The van der Waals surface area contributed by atoms with Crippen molar-refractivity contribution in [1.29, 1.82) is 0 Å². The van der Waals surface area contributed by atoms with Crippen molar-refractivity contribution in [3.8, 4) is 17.0 Å². The number of nitrogens with one attached hydrogen (secondary N) is 1. The van der Waals surface area contributed by atoms with E-state index in [9.17, 15) is 23.4 Å². The van der Waals surface area contributed by atoms with E-state index < -0.39 is 30.0 Å². The van der Waals surface area contributed by atoms with Gasteiger partial charge in [0.1, 0.15) is 17.7 Å². The lowest BCUT2D eigenvalue weighted by Crippen LogP contribution is -2.35. The Morgan fingerprint density at radius 1 is 1.20 bits per heavy atom. The molecule has 0 saturated heterocycles.